The summed E-state index contributed by atoms with van der Waals surface area (Å²) < 4.78 is 24.2. The van der Waals surface area contributed by atoms with Crippen molar-refractivity contribution >= 4 is 25.8 Å². The van der Waals surface area contributed by atoms with Gasteiger partial charge in [-0.3, -0.25) is 0 Å². The van der Waals surface area contributed by atoms with Gasteiger partial charge in [0.25, 0.3) is 0 Å². The molecule has 1 saturated heterocycles. The van der Waals surface area contributed by atoms with Gasteiger partial charge in [0, 0.05) is 23.1 Å². The summed E-state index contributed by atoms with van der Waals surface area (Å²) in [7, 11) is -2.89. The van der Waals surface area contributed by atoms with Crippen molar-refractivity contribution in [1.29, 1.82) is 0 Å². The molecule has 4 nitrogen and oxygen atoms in total. The number of phenolic OH excluding ortho intramolecular Hbond substituents is 1. The van der Waals surface area contributed by atoms with Gasteiger partial charge in [0.2, 0.25) is 0 Å². The van der Waals surface area contributed by atoms with E-state index < -0.39 is 9.84 Å². The van der Waals surface area contributed by atoms with Crippen LogP contribution in [0.4, 0.5) is 0 Å². The molecule has 0 aliphatic carbocycles. The normalized spacial score (nSPS) is 22.2. The van der Waals surface area contributed by atoms with E-state index in [1.807, 2.05) is 6.07 Å². The molecule has 2 N–H and O–H groups in total. The van der Waals surface area contributed by atoms with Crippen LogP contribution in [-0.4, -0.2) is 31.1 Å². The first-order valence-electron chi connectivity index (χ1n) is 5.89. The fourth-order valence-corrected chi connectivity index (χ4v) is 4.36. The van der Waals surface area contributed by atoms with E-state index in [9.17, 15) is 13.5 Å². The first-order chi connectivity index (χ1) is 8.49. The molecule has 1 heterocycles. The fraction of sp³-hybridized carbons (Fsp3) is 0.500. The minimum atomic E-state index is -2.89. The monoisotopic (exact) mass is 333 g/mol. The van der Waals surface area contributed by atoms with Crippen molar-refractivity contribution in [1.82, 2.24) is 5.32 Å². The van der Waals surface area contributed by atoms with Gasteiger partial charge in [-0.25, -0.2) is 8.42 Å². The van der Waals surface area contributed by atoms with Gasteiger partial charge in [-0.1, -0.05) is 15.9 Å². The zero-order chi connectivity index (χ0) is 13.2. The van der Waals surface area contributed by atoms with Crippen molar-refractivity contribution in [3.63, 3.8) is 0 Å². The largest absolute Gasteiger partial charge is 0.508 e. The Morgan fingerprint density at radius 2 is 2.22 bits per heavy atom. The van der Waals surface area contributed by atoms with Gasteiger partial charge >= 0.3 is 0 Å². The van der Waals surface area contributed by atoms with Crippen LogP contribution in [0, 0.1) is 0 Å². The van der Waals surface area contributed by atoms with E-state index in [0.717, 1.165) is 22.9 Å². The molecule has 2 rings (SSSR count). The molecule has 0 amide bonds. The Labute approximate surface area is 115 Å². The molecule has 0 saturated carbocycles. The zero-order valence-corrected chi connectivity index (χ0v) is 12.3. The lowest BCUT2D eigenvalue weighted by atomic mass is 10.2. The van der Waals surface area contributed by atoms with Crippen LogP contribution in [0.15, 0.2) is 22.7 Å². The molecule has 1 aliphatic heterocycles. The quantitative estimate of drug-likeness (QED) is 0.882. The highest BCUT2D eigenvalue weighted by molar-refractivity contribution is 9.10. The van der Waals surface area contributed by atoms with Gasteiger partial charge < -0.3 is 10.4 Å². The molecule has 1 atom stereocenters. The molecule has 0 radical (unpaired) electrons. The van der Waals surface area contributed by atoms with E-state index in [1.54, 1.807) is 12.1 Å². The molecular weight excluding hydrogens is 318 g/mol. The molecule has 100 valence electrons. The maximum Gasteiger partial charge on any atom is 0.154 e. The minimum Gasteiger partial charge on any atom is -0.508 e. The van der Waals surface area contributed by atoms with Crippen molar-refractivity contribution in [2.75, 3.05) is 12.3 Å². The SMILES string of the molecule is O=S1(=O)CCCC1CNCc1cc(Br)ccc1O. The van der Waals surface area contributed by atoms with Crippen LogP contribution in [0.2, 0.25) is 0 Å². The molecule has 1 unspecified atom stereocenters. The molecule has 0 spiro atoms. The molecule has 0 bridgehead atoms. The van der Waals surface area contributed by atoms with Gasteiger partial charge in [0.05, 0.1) is 11.0 Å². The highest BCUT2D eigenvalue weighted by Gasteiger charge is 2.30. The zero-order valence-electron chi connectivity index (χ0n) is 9.89. The second-order valence-electron chi connectivity index (χ2n) is 4.54. The fourth-order valence-electron chi connectivity index (χ4n) is 2.15. The average Bonchev–Trinajstić information content (AvgIpc) is 2.63. The number of benzene rings is 1. The summed E-state index contributed by atoms with van der Waals surface area (Å²) in [5.41, 5.74) is 0.764. The first kappa shape index (κ1) is 13.8. The Morgan fingerprint density at radius 3 is 2.89 bits per heavy atom. The smallest absolute Gasteiger partial charge is 0.154 e. The number of nitrogens with one attached hydrogen (secondary N) is 1. The summed E-state index contributed by atoms with van der Waals surface area (Å²) in [4.78, 5) is 0. The summed E-state index contributed by atoms with van der Waals surface area (Å²) in [5.74, 6) is 0.529. The molecule has 1 aromatic carbocycles. The highest BCUT2D eigenvalue weighted by Crippen LogP contribution is 2.22. The lowest BCUT2D eigenvalue weighted by Crippen LogP contribution is -2.30. The minimum absolute atomic E-state index is 0.222. The van der Waals surface area contributed by atoms with Gasteiger partial charge in [-0.05, 0) is 31.0 Å². The molecule has 1 fully saturated rings. The van der Waals surface area contributed by atoms with Gasteiger partial charge in [-0.2, -0.15) is 0 Å². The van der Waals surface area contributed by atoms with Crippen molar-refractivity contribution in [2.45, 2.75) is 24.6 Å². The Morgan fingerprint density at radius 1 is 1.44 bits per heavy atom. The second kappa shape index (κ2) is 5.59. The standard InChI is InChI=1S/C12H16BrNO3S/c13-10-3-4-12(15)9(6-10)7-14-8-11-2-1-5-18(11,16)17/h3-4,6,11,14-15H,1-2,5,7-8H2. The van der Waals surface area contributed by atoms with E-state index in [4.69, 9.17) is 0 Å². The van der Waals surface area contributed by atoms with E-state index in [1.165, 1.54) is 0 Å². The van der Waals surface area contributed by atoms with Crippen molar-refractivity contribution in [3.05, 3.63) is 28.2 Å². The van der Waals surface area contributed by atoms with Crippen LogP contribution >= 0.6 is 15.9 Å². The summed E-state index contributed by atoms with van der Waals surface area (Å²) in [6, 6.07) is 5.21. The van der Waals surface area contributed by atoms with Crippen LogP contribution in [-0.2, 0) is 16.4 Å². The Kier molecular flexibility index (Phi) is 4.29. The van der Waals surface area contributed by atoms with Crippen LogP contribution in [0.25, 0.3) is 0 Å². The van der Waals surface area contributed by atoms with Crippen LogP contribution in [0.3, 0.4) is 0 Å². The Balaban J connectivity index is 1.91. The number of phenols is 1. The molecular formula is C12H16BrNO3S. The second-order valence-corrected chi connectivity index (χ2v) is 7.85. The van der Waals surface area contributed by atoms with Crippen LogP contribution in [0.5, 0.6) is 5.75 Å². The summed E-state index contributed by atoms with van der Waals surface area (Å²) >= 11 is 3.34. The summed E-state index contributed by atoms with van der Waals surface area (Å²) in [6.45, 7) is 0.922. The maximum atomic E-state index is 11.6. The molecule has 18 heavy (non-hydrogen) atoms. The van der Waals surface area contributed by atoms with Crippen molar-refractivity contribution in [2.24, 2.45) is 0 Å². The molecule has 1 aromatic rings. The lowest BCUT2D eigenvalue weighted by molar-refractivity contribution is 0.464. The van der Waals surface area contributed by atoms with E-state index in [0.29, 0.717) is 18.8 Å². The number of sulfone groups is 1. The summed E-state index contributed by atoms with van der Waals surface area (Å²) in [6.07, 6.45) is 1.50. The lowest BCUT2D eigenvalue weighted by Gasteiger charge is -2.11. The third-order valence-electron chi connectivity index (χ3n) is 3.19. The van der Waals surface area contributed by atoms with E-state index in [2.05, 4.69) is 21.2 Å². The number of halogens is 1. The first-order valence-corrected chi connectivity index (χ1v) is 8.39. The molecule has 0 aromatic heterocycles. The topological polar surface area (TPSA) is 66.4 Å². The number of hydrogen-bond acceptors (Lipinski definition) is 4. The predicted octanol–water partition coefficient (Wildman–Crippen LogP) is 1.82. The van der Waals surface area contributed by atoms with E-state index >= 15 is 0 Å². The van der Waals surface area contributed by atoms with Crippen molar-refractivity contribution in [3.8, 4) is 5.75 Å². The van der Waals surface area contributed by atoms with Crippen LogP contribution < -0.4 is 5.32 Å². The van der Waals surface area contributed by atoms with Gasteiger partial charge in [0.15, 0.2) is 9.84 Å². The van der Waals surface area contributed by atoms with Crippen molar-refractivity contribution < 1.29 is 13.5 Å². The summed E-state index contributed by atoms with van der Waals surface area (Å²) in [5, 5.41) is 12.5. The predicted molar refractivity (Wildman–Crippen MR) is 74.3 cm³/mol. The average molecular weight is 334 g/mol. The maximum absolute atomic E-state index is 11.6. The van der Waals surface area contributed by atoms with Gasteiger partial charge in [-0.15, -0.1) is 0 Å². The number of rotatable bonds is 4. The number of hydrogen-bond donors (Lipinski definition) is 2. The molecule has 6 heteroatoms. The number of aromatic hydroxyl groups is 1. The van der Waals surface area contributed by atoms with E-state index in [-0.39, 0.29) is 11.0 Å². The Bertz CT molecular complexity index is 530. The highest BCUT2D eigenvalue weighted by atomic mass is 79.9. The third-order valence-corrected chi connectivity index (χ3v) is 5.96. The van der Waals surface area contributed by atoms with Crippen LogP contribution in [0.1, 0.15) is 18.4 Å². The molecule has 1 aliphatic rings. The third kappa shape index (κ3) is 3.24. The van der Waals surface area contributed by atoms with Gasteiger partial charge in [0.1, 0.15) is 5.75 Å². The Hall–Kier alpha value is -0.590.